The van der Waals surface area contributed by atoms with E-state index in [1.165, 1.54) is 0 Å². The third-order valence-corrected chi connectivity index (χ3v) is 5.52. The van der Waals surface area contributed by atoms with Crippen LogP contribution in [0.5, 0.6) is 0 Å². The molecule has 182 valence electrons. The van der Waals surface area contributed by atoms with Crippen LogP contribution in [0, 0.1) is 0 Å². The molecule has 0 saturated carbocycles. The van der Waals surface area contributed by atoms with Gasteiger partial charge in [-0.05, 0) is 32.1 Å². The smallest absolute Gasteiger partial charge is 0.195 e. The molecule has 0 spiro atoms. The van der Waals surface area contributed by atoms with Crippen LogP contribution in [0.4, 0.5) is 9.41 Å². The molecule has 11 heteroatoms. The van der Waals surface area contributed by atoms with Gasteiger partial charge >= 0.3 is 0 Å². The van der Waals surface area contributed by atoms with E-state index in [1.807, 2.05) is 0 Å². The van der Waals surface area contributed by atoms with E-state index in [0.29, 0.717) is 32.1 Å². The van der Waals surface area contributed by atoms with E-state index in [0.717, 1.165) is 12.8 Å². The van der Waals surface area contributed by atoms with Crippen molar-refractivity contribution in [3.05, 3.63) is 0 Å². The molecule has 30 heavy (non-hydrogen) atoms. The van der Waals surface area contributed by atoms with Crippen molar-refractivity contribution >= 4 is 0 Å². The zero-order chi connectivity index (χ0) is 19.3. The van der Waals surface area contributed by atoms with Gasteiger partial charge in [0, 0.05) is 12.8 Å². The quantitative estimate of drug-likeness (QED) is 0.400. The molecule has 0 aliphatic carbocycles. The highest BCUT2D eigenvalue weighted by atomic mass is 19.0. The molecule has 3 saturated heterocycles. The molecule has 3 aliphatic rings. The summed E-state index contributed by atoms with van der Waals surface area (Å²) in [6, 6.07) is 0. The average molecular weight is 449 g/mol. The van der Waals surface area contributed by atoms with Gasteiger partial charge in [0.05, 0.1) is 44.7 Å². The summed E-state index contributed by atoms with van der Waals surface area (Å²) in [5, 5.41) is 37.8. The van der Waals surface area contributed by atoms with E-state index in [2.05, 4.69) is 0 Å². The molecule has 0 amide bonds. The number of hydrogen-bond acceptors (Lipinski definition) is 9. The third kappa shape index (κ3) is 7.01. The minimum Gasteiger partial charge on any atom is -0.394 e. The van der Waals surface area contributed by atoms with E-state index in [9.17, 15) is 20.4 Å². The van der Waals surface area contributed by atoms with Crippen LogP contribution < -0.4 is 0 Å². The first-order valence-corrected chi connectivity index (χ1v) is 9.82. The topological polar surface area (TPSA) is 127 Å². The standard InChI is InChI=1S/C18H32O9.CH4.2FH/c19-8-13-2-1-3-16(24-13)27-18(7-5-15(10-21)26-18)12-23-17(11-22)6-4-14(9-20)25-17;;;/h13-16,19-22H,1-12H2;1H4;2*1H. The molecule has 6 atom stereocenters. The third-order valence-electron chi connectivity index (χ3n) is 5.52. The minimum absolute atomic E-state index is 0. The lowest BCUT2D eigenvalue weighted by atomic mass is 10.1. The van der Waals surface area contributed by atoms with E-state index in [1.54, 1.807) is 0 Å². The van der Waals surface area contributed by atoms with Crippen LogP contribution in [0.2, 0.25) is 0 Å². The van der Waals surface area contributed by atoms with Gasteiger partial charge in [-0.1, -0.05) is 7.43 Å². The van der Waals surface area contributed by atoms with Crippen LogP contribution in [0.15, 0.2) is 0 Å². The Morgan fingerprint density at radius 3 is 1.87 bits per heavy atom. The SMILES string of the molecule is C.F.F.OCC1CCCC(OC2(COC3(CO)CCC(CO)O3)CCC(CO)O2)O1. The number of ether oxygens (including phenoxy) is 5. The predicted octanol–water partition coefficient (Wildman–Crippen LogP) is 0.576. The maximum Gasteiger partial charge on any atom is 0.195 e. The summed E-state index contributed by atoms with van der Waals surface area (Å²) in [5.41, 5.74) is 0. The van der Waals surface area contributed by atoms with Gasteiger partial charge < -0.3 is 44.1 Å². The van der Waals surface area contributed by atoms with Gasteiger partial charge in [0.1, 0.15) is 6.61 Å². The Morgan fingerprint density at radius 2 is 1.33 bits per heavy atom. The summed E-state index contributed by atoms with van der Waals surface area (Å²) in [5.74, 6) is -2.30. The second-order valence-corrected chi connectivity index (χ2v) is 7.61. The molecule has 6 unspecified atom stereocenters. The Bertz CT molecular complexity index is 475. The van der Waals surface area contributed by atoms with Gasteiger partial charge in [-0.15, -0.1) is 0 Å². The molecule has 9 nitrogen and oxygen atoms in total. The molecule has 0 radical (unpaired) electrons. The van der Waals surface area contributed by atoms with Crippen LogP contribution in [0.1, 0.15) is 52.4 Å². The summed E-state index contributed by atoms with van der Waals surface area (Å²) in [6.45, 7) is -0.646. The van der Waals surface area contributed by atoms with Gasteiger partial charge in [0.15, 0.2) is 17.9 Å². The Hall–Kier alpha value is -0.500. The van der Waals surface area contributed by atoms with Crippen LogP contribution in [-0.4, -0.2) is 89.6 Å². The molecule has 3 aliphatic heterocycles. The number of hydrogen-bond donors (Lipinski definition) is 4. The van der Waals surface area contributed by atoms with Gasteiger partial charge in [-0.3, -0.25) is 9.41 Å². The monoisotopic (exact) mass is 448 g/mol. The van der Waals surface area contributed by atoms with Gasteiger partial charge in [-0.2, -0.15) is 0 Å². The zero-order valence-corrected chi connectivity index (χ0v) is 16.4. The lowest BCUT2D eigenvalue weighted by Crippen LogP contribution is -2.48. The molecule has 0 aromatic rings. The first-order chi connectivity index (χ1) is 13.1. The van der Waals surface area contributed by atoms with Crippen molar-refractivity contribution in [2.75, 3.05) is 33.0 Å². The summed E-state index contributed by atoms with van der Waals surface area (Å²) in [6.07, 6.45) is 2.99. The molecule has 4 N–H and O–H groups in total. The van der Waals surface area contributed by atoms with E-state index in [4.69, 9.17) is 23.7 Å². The van der Waals surface area contributed by atoms with Crippen molar-refractivity contribution in [3.63, 3.8) is 0 Å². The first-order valence-electron chi connectivity index (χ1n) is 9.82. The van der Waals surface area contributed by atoms with Gasteiger partial charge in [0.25, 0.3) is 0 Å². The maximum absolute atomic E-state index is 9.77. The highest BCUT2D eigenvalue weighted by Crippen LogP contribution is 2.38. The molecular formula is C19H38F2O9. The maximum atomic E-state index is 9.77. The van der Waals surface area contributed by atoms with Crippen LogP contribution >= 0.6 is 0 Å². The fraction of sp³-hybridized carbons (Fsp3) is 1.00. The van der Waals surface area contributed by atoms with E-state index >= 15 is 0 Å². The lowest BCUT2D eigenvalue weighted by Gasteiger charge is -2.38. The van der Waals surface area contributed by atoms with Crippen molar-refractivity contribution in [1.82, 2.24) is 0 Å². The fourth-order valence-electron chi connectivity index (χ4n) is 3.92. The second kappa shape index (κ2) is 13.1. The highest BCUT2D eigenvalue weighted by molar-refractivity contribution is 4.86. The Morgan fingerprint density at radius 1 is 0.767 bits per heavy atom. The van der Waals surface area contributed by atoms with Crippen molar-refractivity contribution < 1.29 is 53.5 Å². The molecule has 0 bridgehead atoms. The zero-order valence-electron chi connectivity index (χ0n) is 16.4. The van der Waals surface area contributed by atoms with Crippen LogP contribution in [0.3, 0.4) is 0 Å². The number of aliphatic hydroxyl groups excluding tert-OH is 4. The number of aliphatic hydroxyl groups is 4. The van der Waals surface area contributed by atoms with Crippen LogP contribution in [0.25, 0.3) is 0 Å². The Labute approximate surface area is 175 Å². The van der Waals surface area contributed by atoms with Crippen molar-refractivity contribution in [2.45, 2.75) is 88.5 Å². The second-order valence-electron chi connectivity index (χ2n) is 7.61. The molecular weight excluding hydrogens is 410 g/mol. The number of halogens is 2. The van der Waals surface area contributed by atoms with Crippen molar-refractivity contribution in [3.8, 4) is 0 Å². The predicted molar refractivity (Wildman–Crippen MR) is 103 cm³/mol. The summed E-state index contributed by atoms with van der Waals surface area (Å²) < 4.78 is 29.4. The van der Waals surface area contributed by atoms with Crippen LogP contribution in [-0.2, 0) is 23.7 Å². The molecule has 3 rings (SSSR count). The number of rotatable bonds is 9. The van der Waals surface area contributed by atoms with E-state index < -0.39 is 17.9 Å². The van der Waals surface area contributed by atoms with E-state index in [-0.39, 0.29) is 68.2 Å². The average Bonchev–Trinajstić information content (AvgIpc) is 3.32. The van der Waals surface area contributed by atoms with Gasteiger partial charge in [0.2, 0.25) is 0 Å². The first kappa shape index (κ1) is 29.5. The normalized spacial score (nSPS) is 38.4. The Kier molecular flexibility index (Phi) is 12.9. The van der Waals surface area contributed by atoms with Crippen molar-refractivity contribution in [2.24, 2.45) is 0 Å². The van der Waals surface area contributed by atoms with Crippen molar-refractivity contribution in [1.29, 1.82) is 0 Å². The minimum atomic E-state index is -1.19. The van der Waals surface area contributed by atoms with Gasteiger partial charge in [-0.25, -0.2) is 0 Å². The Balaban J connectivity index is 0.00000280. The summed E-state index contributed by atoms with van der Waals surface area (Å²) >= 11 is 0. The molecule has 3 fully saturated rings. The molecule has 0 aromatic carbocycles. The molecule has 3 heterocycles. The fourth-order valence-corrected chi connectivity index (χ4v) is 3.92. The highest BCUT2D eigenvalue weighted by Gasteiger charge is 2.48. The summed E-state index contributed by atoms with van der Waals surface area (Å²) in [7, 11) is 0. The lowest BCUT2D eigenvalue weighted by molar-refractivity contribution is -0.356. The largest absolute Gasteiger partial charge is 0.394 e. The molecule has 0 aromatic heterocycles. The summed E-state index contributed by atoms with van der Waals surface area (Å²) in [4.78, 5) is 0.